The zero-order valence-electron chi connectivity index (χ0n) is 16.3. The normalized spacial score (nSPS) is 29.8. The van der Waals surface area contributed by atoms with Crippen molar-refractivity contribution in [3.05, 3.63) is 24.4 Å². The third-order valence-electron chi connectivity index (χ3n) is 6.19. The second-order valence-corrected chi connectivity index (χ2v) is 8.35. The number of imidazole rings is 1. The van der Waals surface area contributed by atoms with Gasteiger partial charge in [-0.1, -0.05) is 12.8 Å². The summed E-state index contributed by atoms with van der Waals surface area (Å²) < 4.78 is 13.2. The predicted molar refractivity (Wildman–Crippen MR) is 102 cm³/mol. The lowest BCUT2D eigenvalue weighted by atomic mass is 10.1. The van der Waals surface area contributed by atoms with Gasteiger partial charge in [-0.2, -0.15) is 0 Å². The summed E-state index contributed by atoms with van der Waals surface area (Å²) in [6.45, 7) is 0. The lowest BCUT2D eigenvalue weighted by molar-refractivity contribution is -0.0439. The van der Waals surface area contributed by atoms with E-state index < -0.39 is 24.5 Å². The van der Waals surface area contributed by atoms with Crippen molar-refractivity contribution in [2.45, 2.75) is 75.0 Å². The van der Waals surface area contributed by atoms with Gasteiger partial charge < -0.3 is 24.7 Å². The summed E-state index contributed by atoms with van der Waals surface area (Å²) in [5.74, 6) is 1.70. The zero-order valence-corrected chi connectivity index (χ0v) is 16.3. The lowest BCUT2D eigenvalue weighted by Gasteiger charge is -2.16. The number of ether oxygens (including phenoxy) is 1. The van der Waals surface area contributed by atoms with Crippen molar-refractivity contribution in [1.29, 1.82) is 0 Å². The van der Waals surface area contributed by atoms with Crippen molar-refractivity contribution < 1.29 is 19.4 Å². The highest BCUT2D eigenvalue weighted by atomic mass is 16.6. The summed E-state index contributed by atoms with van der Waals surface area (Å²) in [6, 6.07) is 0.381. The highest BCUT2D eigenvalue weighted by Gasteiger charge is 2.48. The van der Waals surface area contributed by atoms with Crippen molar-refractivity contribution in [2.75, 3.05) is 5.32 Å². The average molecular weight is 413 g/mol. The molecular formula is C19H23N7O4. The van der Waals surface area contributed by atoms with Crippen LogP contribution >= 0.6 is 0 Å². The molecule has 0 amide bonds. The minimum absolute atomic E-state index is 0.175. The Morgan fingerprint density at radius 2 is 1.77 bits per heavy atom. The Bertz CT molecular complexity index is 1060. The number of hydrogen-bond donors (Lipinski definition) is 3. The van der Waals surface area contributed by atoms with Crippen molar-refractivity contribution in [1.82, 2.24) is 29.7 Å². The van der Waals surface area contributed by atoms with Gasteiger partial charge in [-0.15, -0.1) is 10.2 Å². The SMILES string of the molecule is O[C@@H]1[C@H](O)[C@@H](c2nnc(C3CC3)o2)O[C@H]1n1cnc2c(NC3CCCC3)ncnc21. The summed E-state index contributed by atoms with van der Waals surface area (Å²) in [4.78, 5) is 13.1. The van der Waals surface area contributed by atoms with E-state index in [9.17, 15) is 10.2 Å². The van der Waals surface area contributed by atoms with Crippen LogP contribution in [-0.2, 0) is 4.74 Å². The second-order valence-electron chi connectivity index (χ2n) is 8.35. The van der Waals surface area contributed by atoms with E-state index in [1.54, 1.807) is 10.9 Å². The van der Waals surface area contributed by atoms with Crippen LogP contribution in [0.1, 0.15) is 68.6 Å². The number of nitrogens with one attached hydrogen (secondary N) is 1. The molecule has 0 spiro atoms. The van der Waals surface area contributed by atoms with E-state index in [1.807, 2.05) is 0 Å². The molecule has 1 saturated heterocycles. The molecule has 1 aliphatic heterocycles. The highest BCUT2D eigenvalue weighted by Crippen LogP contribution is 2.43. The van der Waals surface area contributed by atoms with Crippen LogP contribution in [0.25, 0.3) is 11.2 Å². The van der Waals surface area contributed by atoms with E-state index in [2.05, 4.69) is 30.5 Å². The van der Waals surface area contributed by atoms with E-state index >= 15 is 0 Å². The zero-order chi connectivity index (χ0) is 20.2. The number of fused-ring (bicyclic) bond motifs is 1. The highest BCUT2D eigenvalue weighted by molar-refractivity contribution is 5.82. The quantitative estimate of drug-likeness (QED) is 0.562. The van der Waals surface area contributed by atoms with E-state index in [4.69, 9.17) is 9.15 Å². The molecule has 11 nitrogen and oxygen atoms in total. The molecule has 4 heterocycles. The number of aliphatic hydroxyl groups excluding tert-OH is 2. The molecule has 3 fully saturated rings. The molecular weight excluding hydrogens is 390 g/mol. The molecule has 6 rings (SSSR count). The van der Waals surface area contributed by atoms with E-state index in [-0.39, 0.29) is 5.89 Å². The summed E-state index contributed by atoms with van der Waals surface area (Å²) in [7, 11) is 0. The van der Waals surface area contributed by atoms with Gasteiger partial charge >= 0.3 is 0 Å². The maximum absolute atomic E-state index is 10.7. The van der Waals surface area contributed by atoms with Crippen LogP contribution in [0.2, 0.25) is 0 Å². The van der Waals surface area contributed by atoms with Crippen LogP contribution in [0.4, 0.5) is 5.82 Å². The van der Waals surface area contributed by atoms with Crippen LogP contribution in [-0.4, -0.2) is 58.2 Å². The molecule has 11 heteroatoms. The van der Waals surface area contributed by atoms with Crippen LogP contribution in [0.15, 0.2) is 17.1 Å². The number of rotatable bonds is 5. The molecule has 0 bridgehead atoms. The molecule has 3 aromatic heterocycles. The molecule has 158 valence electrons. The molecule has 3 aliphatic rings. The summed E-state index contributed by atoms with van der Waals surface area (Å²) >= 11 is 0. The van der Waals surface area contributed by atoms with Crippen LogP contribution in [0.3, 0.4) is 0 Å². The Hall–Kier alpha value is -2.63. The van der Waals surface area contributed by atoms with Crippen molar-refractivity contribution in [3.8, 4) is 0 Å². The Morgan fingerprint density at radius 1 is 0.967 bits per heavy atom. The Balaban J connectivity index is 1.29. The average Bonchev–Trinajstić information content (AvgIpc) is 3.13. The van der Waals surface area contributed by atoms with Gasteiger partial charge in [-0.25, -0.2) is 15.0 Å². The molecule has 0 unspecified atom stereocenters. The third kappa shape index (κ3) is 2.96. The fourth-order valence-corrected chi connectivity index (χ4v) is 4.36. The fourth-order valence-electron chi connectivity index (χ4n) is 4.36. The topological polar surface area (TPSA) is 144 Å². The van der Waals surface area contributed by atoms with Crippen LogP contribution in [0.5, 0.6) is 0 Å². The fraction of sp³-hybridized carbons (Fsp3) is 0.632. The van der Waals surface area contributed by atoms with Crippen LogP contribution < -0.4 is 5.32 Å². The third-order valence-corrected chi connectivity index (χ3v) is 6.19. The van der Waals surface area contributed by atoms with E-state index in [1.165, 1.54) is 19.2 Å². The first-order valence-electron chi connectivity index (χ1n) is 10.5. The van der Waals surface area contributed by atoms with E-state index in [0.717, 1.165) is 25.7 Å². The number of aromatic nitrogens is 6. The van der Waals surface area contributed by atoms with E-state index in [0.29, 0.717) is 34.8 Å². The number of aliphatic hydroxyl groups is 2. The smallest absolute Gasteiger partial charge is 0.248 e. The lowest BCUT2D eigenvalue weighted by Crippen LogP contribution is -2.29. The molecule has 4 atom stereocenters. The molecule has 2 saturated carbocycles. The molecule has 3 N–H and O–H groups in total. The van der Waals surface area contributed by atoms with Gasteiger partial charge in [-0.3, -0.25) is 4.57 Å². The van der Waals surface area contributed by atoms with Gasteiger partial charge in [0.15, 0.2) is 29.3 Å². The number of hydrogen-bond acceptors (Lipinski definition) is 10. The Kier molecular flexibility index (Phi) is 4.22. The minimum atomic E-state index is -1.21. The second kappa shape index (κ2) is 6.96. The first kappa shape index (κ1) is 18.2. The molecule has 2 aliphatic carbocycles. The Morgan fingerprint density at radius 3 is 2.57 bits per heavy atom. The van der Waals surface area contributed by atoms with Crippen molar-refractivity contribution >= 4 is 17.0 Å². The van der Waals surface area contributed by atoms with Gasteiger partial charge in [0.2, 0.25) is 11.8 Å². The number of anilines is 1. The minimum Gasteiger partial charge on any atom is -0.422 e. The summed E-state index contributed by atoms with van der Waals surface area (Å²) in [6.07, 6.45) is 5.48. The summed E-state index contributed by atoms with van der Waals surface area (Å²) in [5, 5.41) is 32.8. The monoisotopic (exact) mass is 413 g/mol. The standard InChI is InChI=1S/C19H23N7O4/c27-12-13(28)19(29-14(12)18-25-24-17(30-18)9-5-6-9)26-8-22-11-15(20-7-21-16(11)26)23-10-3-1-2-4-10/h7-10,12-14,19,27-28H,1-6H2,(H,20,21,23)/t12-,13+,14-,19+/m0/s1. The molecule has 0 aromatic carbocycles. The van der Waals surface area contributed by atoms with Gasteiger partial charge in [0, 0.05) is 12.0 Å². The van der Waals surface area contributed by atoms with Crippen molar-refractivity contribution in [3.63, 3.8) is 0 Å². The maximum atomic E-state index is 10.7. The van der Waals surface area contributed by atoms with Gasteiger partial charge in [0.05, 0.1) is 6.33 Å². The Labute approximate surface area is 171 Å². The van der Waals surface area contributed by atoms with Gasteiger partial charge in [0.1, 0.15) is 18.5 Å². The molecule has 30 heavy (non-hydrogen) atoms. The first-order valence-corrected chi connectivity index (χ1v) is 10.5. The van der Waals surface area contributed by atoms with Crippen LogP contribution in [0, 0.1) is 0 Å². The van der Waals surface area contributed by atoms with Gasteiger partial charge in [0.25, 0.3) is 0 Å². The maximum Gasteiger partial charge on any atom is 0.248 e. The predicted octanol–water partition coefficient (Wildman–Crippen LogP) is 1.43. The van der Waals surface area contributed by atoms with Gasteiger partial charge in [-0.05, 0) is 25.7 Å². The number of nitrogens with zero attached hydrogens (tertiary/aromatic N) is 6. The molecule has 0 radical (unpaired) electrons. The van der Waals surface area contributed by atoms with Crippen molar-refractivity contribution in [2.24, 2.45) is 0 Å². The molecule has 3 aromatic rings. The summed E-state index contributed by atoms with van der Waals surface area (Å²) in [5.41, 5.74) is 1.12. The largest absolute Gasteiger partial charge is 0.422 e. The first-order chi connectivity index (χ1) is 14.7.